The first-order valence-electron chi connectivity index (χ1n) is 7.70. The Morgan fingerprint density at radius 3 is 1.68 bits per heavy atom. The van der Waals surface area contributed by atoms with Crippen LogP contribution >= 0.6 is 0 Å². The number of sulfonamides is 1. The summed E-state index contributed by atoms with van der Waals surface area (Å²) in [5.74, 6) is -1.52. The maximum atomic E-state index is 13.1. The fraction of sp³-hybridized carbons (Fsp3) is 0.571. The number of benzene rings is 1. The molecule has 0 aromatic heterocycles. The molecule has 2 atom stereocenters. The molecule has 1 aromatic carbocycles. The minimum absolute atomic E-state index is 0.124. The number of halogens is 1. The molecule has 2 aliphatic rings. The van der Waals surface area contributed by atoms with Crippen LogP contribution in [0.2, 0.25) is 0 Å². The van der Waals surface area contributed by atoms with E-state index in [2.05, 4.69) is 0 Å². The molecular formula is C14H18FNO6S3. The average Bonchev–Trinajstić information content (AvgIpc) is 3.02. The first kappa shape index (κ1) is 18.7. The Labute approximate surface area is 146 Å². The number of hydrogen-bond donors (Lipinski definition) is 0. The molecule has 0 bridgehead atoms. The van der Waals surface area contributed by atoms with Gasteiger partial charge in [-0.05, 0) is 37.1 Å². The van der Waals surface area contributed by atoms with Crippen LogP contribution in [0.1, 0.15) is 12.8 Å². The van der Waals surface area contributed by atoms with Crippen LogP contribution in [0, 0.1) is 5.82 Å². The van der Waals surface area contributed by atoms with Crippen LogP contribution in [0.15, 0.2) is 29.2 Å². The van der Waals surface area contributed by atoms with Crippen LogP contribution in [0.3, 0.4) is 0 Å². The Balaban J connectivity index is 2.03. The lowest BCUT2D eigenvalue weighted by Crippen LogP contribution is -2.48. The highest BCUT2D eigenvalue weighted by atomic mass is 32.2. The lowest BCUT2D eigenvalue weighted by molar-refractivity contribution is 0.280. The zero-order valence-corrected chi connectivity index (χ0v) is 15.7. The molecule has 0 radical (unpaired) electrons. The Bertz CT molecular complexity index is 926. The van der Waals surface area contributed by atoms with Gasteiger partial charge in [0.1, 0.15) is 5.82 Å². The zero-order chi connectivity index (χ0) is 18.5. The minimum Gasteiger partial charge on any atom is -0.229 e. The fourth-order valence-electron chi connectivity index (χ4n) is 3.37. The third-order valence-electron chi connectivity index (χ3n) is 4.53. The summed E-state index contributed by atoms with van der Waals surface area (Å²) < 4.78 is 87.5. The smallest absolute Gasteiger partial charge is 0.229 e. The summed E-state index contributed by atoms with van der Waals surface area (Å²) in [5.41, 5.74) is 0. The summed E-state index contributed by atoms with van der Waals surface area (Å²) in [7, 11) is -10.9. The topological polar surface area (TPSA) is 106 Å². The van der Waals surface area contributed by atoms with E-state index in [1.807, 2.05) is 0 Å². The molecule has 140 valence electrons. The minimum atomic E-state index is -4.15. The van der Waals surface area contributed by atoms with Gasteiger partial charge in [0.15, 0.2) is 19.7 Å². The van der Waals surface area contributed by atoms with E-state index in [9.17, 15) is 29.6 Å². The summed E-state index contributed by atoms with van der Waals surface area (Å²) in [6.45, 7) is 0. The van der Waals surface area contributed by atoms with E-state index in [4.69, 9.17) is 0 Å². The standard InChI is InChI=1S/C14H18FNO6S3/c15-11-1-3-14(4-2-11)25(21,22)16(12-5-7-23(17,18)9-12)13-6-8-24(19,20)10-13/h1-4,12-13H,5-10H2/t12-,13-/m0/s1. The lowest BCUT2D eigenvalue weighted by Gasteiger charge is -2.32. The van der Waals surface area contributed by atoms with E-state index in [1.54, 1.807) is 0 Å². The normalized spacial score (nSPS) is 28.4. The van der Waals surface area contributed by atoms with Gasteiger partial charge in [-0.1, -0.05) is 0 Å². The van der Waals surface area contributed by atoms with Crippen LogP contribution in [0.5, 0.6) is 0 Å². The van der Waals surface area contributed by atoms with Crippen molar-refractivity contribution in [3.05, 3.63) is 30.1 Å². The van der Waals surface area contributed by atoms with Gasteiger partial charge in [-0.2, -0.15) is 4.31 Å². The van der Waals surface area contributed by atoms with Crippen LogP contribution < -0.4 is 0 Å². The van der Waals surface area contributed by atoms with E-state index in [0.717, 1.165) is 28.6 Å². The van der Waals surface area contributed by atoms with E-state index in [0.29, 0.717) is 0 Å². The molecule has 2 fully saturated rings. The van der Waals surface area contributed by atoms with E-state index in [1.165, 1.54) is 0 Å². The molecule has 11 heteroatoms. The Morgan fingerprint density at radius 1 is 0.880 bits per heavy atom. The van der Waals surface area contributed by atoms with Gasteiger partial charge < -0.3 is 0 Å². The van der Waals surface area contributed by atoms with Crippen LogP contribution in [0.25, 0.3) is 0 Å². The van der Waals surface area contributed by atoms with Crippen molar-refractivity contribution in [1.29, 1.82) is 0 Å². The molecule has 0 N–H and O–H groups in total. The molecule has 25 heavy (non-hydrogen) atoms. The Kier molecular flexibility index (Phi) is 4.71. The maximum absolute atomic E-state index is 13.1. The number of hydrogen-bond acceptors (Lipinski definition) is 6. The van der Waals surface area contributed by atoms with Gasteiger partial charge in [-0.25, -0.2) is 29.6 Å². The molecule has 0 unspecified atom stereocenters. The number of sulfone groups is 2. The summed E-state index contributed by atoms with van der Waals surface area (Å²) in [6.07, 6.45) is 0.249. The fourth-order valence-corrected chi connectivity index (χ4v) is 8.85. The molecule has 7 nitrogen and oxygen atoms in total. The van der Waals surface area contributed by atoms with Crippen molar-refractivity contribution in [2.24, 2.45) is 0 Å². The highest BCUT2D eigenvalue weighted by Gasteiger charge is 2.45. The quantitative estimate of drug-likeness (QED) is 0.700. The monoisotopic (exact) mass is 411 g/mol. The summed E-state index contributed by atoms with van der Waals surface area (Å²) in [5, 5.41) is 0. The molecule has 0 spiro atoms. The highest BCUT2D eigenvalue weighted by molar-refractivity contribution is 7.92. The average molecular weight is 411 g/mol. The first-order chi connectivity index (χ1) is 11.5. The van der Waals surface area contributed by atoms with Gasteiger partial charge >= 0.3 is 0 Å². The van der Waals surface area contributed by atoms with Crippen LogP contribution in [-0.4, -0.2) is 64.7 Å². The molecule has 3 rings (SSSR count). The van der Waals surface area contributed by atoms with E-state index < -0.39 is 47.6 Å². The third-order valence-corrected chi connectivity index (χ3v) is 10.0. The molecule has 0 amide bonds. The predicted molar refractivity (Wildman–Crippen MR) is 89.5 cm³/mol. The van der Waals surface area contributed by atoms with Crippen molar-refractivity contribution < 1.29 is 29.6 Å². The van der Waals surface area contributed by atoms with Gasteiger partial charge in [0.2, 0.25) is 10.0 Å². The number of nitrogens with zero attached hydrogens (tertiary/aromatic N) is 1. The summed E-state index contributed by atoms with van der Waals surface area (Å²) in [6, 6.07) is 2.59. The van der Waals surface area contributed by atoms with Crippen molar-refractivity contribution in [3.63, 3.8) is 0 Å². The molecular weight excluding hydrogens is 393 g/mol. The third kappa shape index (κ3) is 3.88. The van der Waals surface area contributed by atoms with Gasteiger partial charge in [0, 0.05) is 12.1 Å². The molecule has 0 aliphatic carbocycles. The van der Waals surface area contributed by atoms with Crippen LogP contribution in [0.4, 0.5) is 4.39 Å². The van der Waals surface area contributed by atoms with Crippen molar-refractivity contribution >= 4 is 29.7 Å². The largest absolute Gasteiger partial charge is 0.243 e. The van der Waals surface area contributed by atoms with Crippen molar-refractivity contribution in [1.82, 2.24) is 4.31 Å². The molecule has 1 aromatic rings. The van der Waals surface area contributed by atoms with Gasteiger partial charge in [-0.3, -0.25) is 0 Å². The van der Waals surface area contributed by atoms with Gasteiger partial charge in [-0.15, -0.1) is 0 Å². The zero-order valence-electron chi connectivity index (χ0n) is 13.2. The SMILES string of the molecule is O=S1(=O)CC[C@H](N([C@H]2CCS(=O)(=O)C2)S(=O)(=O)c2ccc(F)cc2)C1. The van der Waals surface area contributed by atoms with E-state index >= 15 is 0 Å². The van der Waals surface area contributed by atoms with Crippen molar-refractivity contribution in [2.45, 2.75) is 29.8 Å². The highest BCUT2D eigenvalue weighted by Crippen LogP contribution is 2.31. The Hall–Kier alpha value is -1.04. The van der Waals surface area contributed by atoms with E-state index in [-0.39, 0.29) is 40.7 Å². The van der Waals surface area contributed by atoms with Gasteiger partial charge in [0.05, 0.1) is 27.9 Å². The van der Waals surface area contributed by atoms with Crippen LogP contribution in [-0.2, 0) is 29.7 Å². The number of rotatable bonds is 4. The van der Waals surface area contributed by atoms with Gasteiger partial charge in [0.25, 0.3) is 0 Å². The van der Waals surface area contributed by atoms with Crippen molar-refractivity contribution in [2.75, 3.05) is 23.0 Å². The Morgan fingerprint density at radius 2 is 1.32 bits per heavy atom. The predicted octanol–water partition coefficient (Wildman–Crippen LogP) is 0.191. The molecule has 2 heterocycles. The first-order valence-corrected chi connectivity index (χ1v) is 12.8. The molecule has 0 saturated carbocycles. The molecule has 2 saturated heterocycles. The second-order valence-electron chi connectivity index (χ2n) is 6.40. The maximum Gasteiger partial charge on any atom is 0.243 e. The second kappa shape index (κ2) is 6.29. The second-order valence-corrected chi connectivity index (χ2v) is 12.7. The summed E-state index contributed by atoms with van der Waals surface area (Å²) in [4.78, 5) is -0.178. The molecule has 2 aliphatic heterocycles. The van der Waals surface area contributed by atoms with Crippen molar-refractivity contribution in [3.8, 4) is 0 Å². The lowest BCUT2D eigenvalue weighted by atomic mass is 10.2. The summed E-state index contributed by atoms with van der Waals surface area (Å²) >= 11 is 0.